The van der Waals surface area contributed by atoms with Crippen molar-refractivity contribution >= 4 is 17.5 Å². The van der Waals surface area contributed by atoms with Crippen LogP contribution in [0.1, 0.15) is 10.4 Å². The van der Waals surface area contributed by atoms with Crippen molar-refractivity contribution in [2.24, 2.45) is 0 Å². The van der Waals surface area contributed by atoms with E-state index in [0.29, 0.717) is 0 Å². The molecule has 98 valence electrons. The van der Waals surface area contributed by atoms with E-state index in [2.05, 4.69) is 15.0 Å². The number of anilines is 2. The number of esters is 1. The number of nitrogens with one attached hydrogen (secondary N) is 1. The van der Waals surface area contributed by atoms with Gasteiger partial charge in [0.25, 0.3) is 0 Å². The molecule has 0 fully saturated rings. The Labute approximate surface area is 108 Å². The number of hydrogen-bond donors (Lipinski definition) is 1. The van der Waals surface area contributed by atoms with Gasteiger partial charge in [0.1, 0.15) is 5.82 Å². The van der Waals surface area contributed by atoms with Gasteiger partial charge in [0.15, 0.2) is 11.6 Å². The van der Waals surface area contributed by atoms with Crippen molar-refractivity contribution in [1.82, 2.24) is 4.98 Å². The highest BCUT2D eigenvalue weighted by molar-refractivity contribution is 5.90. The number of nitrogens with zero attached hydrogens (tertiary/aromatic N) is 1. The summed E-state index contributed by atoms with van der Waals surface area (Å²) in [4.78, 5) is 15.2. The van der Waals surface area contributed by atoms with Crippen LogP contribution in [0.2, 0.25) is 0 Å². The molecule has 0 unspecified atom stereocenters. The molecule has 0 radical (unpaired) electrons. The number of benzene rings is 1. The molecule has 0 aliphatic heterocycles. The Balaban J connectivity index is 2.28. The number of carbonyl (C=O) groups is 1. The van der Waals surface area contributed by atoms with E-state index in [0.717, 1.165) is 6.07 Å². The Morgan fingerprint density at radius 1 is 1.32 bits per heavy atom. The van der Waals surface area contributed by atoms with Gasteiger partial charge in [-0.05, 0) is 24.3 Å². The fourth-order valence-corrected chi connectivity index (χ4v) is 1.48. The maximum Gasteiger partial charge on any atom is 0.338 e. The van der Waals surface area contributed by atoms with Gasteiger partial charge in [-0.3, -0.25) is 0 Å². The first-order valence-corrected chi connectivity index (χ1v) is 5.37. The van der Waals surface area contributed by atoms with E-state index < -0.39 is 17.6 Å². The third-order valence-electron chi connectivity index (χ3n) is 2.40. The van der Waals surface area contributed by atoms with Crippen molar-refractivity contribution in [3.63, 3.8) is 0 Å². The lowest BCUT2D eigenvalue weighted by atomic mass is 10.2. The summed E-state index contributed by atoms with van der Waals surface area (Å²) < 4.78 is 31.0. The maximum atomic E-state index is 13.5. The standard InChI is InChI=1S/C13H10F2N2O2/c1-19-13(18)8-5-6-16-11(7-8)17-10-4-2-3-9(14)12(10)15/h2-7H,1H3,(H,16,17). The molecule has 1 heterocycles. The van der Waals surface area contributed by atoms with Gasteiger partial charge in [-0.2, -0.15) is 0 Å². The Hall–Kier alpha value is -2.50. The molecule has 2 aromatic rings. The van der Waals surface area contributed by atoms with Gasteiger partial charge in [-0.1, -0.05) is 6.07 Å². The number of rotatable bonds is 3. The normalized spacial score (nSPS) is 10.1. The molecule has 0 amide bonds. The molecule has 0 bridgehead atoms. The van der Waals surface area contributed by atoms with Crippen LogP contribution < -0.4 is 5.32 Å². The molecule has 19 heavy (non-hydrogen) atoms. The van der Waals surface area contributed by atoms with Crippen LogP contribution >= 0.6 is 0 Å². The van der Waals surface area contributed by atoms with E-state index in [4.69, 9.17) is 0 Å². The summed E-state index contributed by atoms with van der Waals surface area (Å²) in [5.41, 5.74) is 0.200. The Morgan fingerprint density at radius 3 is 2.84 bits per heavy atom. The molecular weight excluding hydrogens is 254 g/mol. The first kappa shape index (κ1) is 12.9. The summed E-state index contributed by atoms with van der Waals surface area (Å²) in [7, 11) is 1.25. The summed E-state index contributed by atoms with van der Waals surface area (Å²) in [5.74, 6) is -2.29. The highest BCUT2D eigenvalue weighted by Crippen LogP contribution is 2.21. The summed E-state index contributed by atoms with van der Waals surface area (Å²) in [6.45, 7) is 0. The van der Waals surface area contributed by atoms with Crippen LogP contribution in [0.15, 0.2) is 36.5 Å². The van der Waals surface area contributed by atoms with Gasteiger partial charge >= 0.3 is 5.97 Å². The third-order valence-corrected chi connectivity index (χ3v) is 2.40. The number of aromatic nitrogens is 1. The average Bonchev–Trinajstić information content (AvgIpc) is 2.43. The largest absolute Gasteiger partial charge is 0.465 e. The number of halogens is 2. The first-order valence-electron chi connectivity index (χ1n) is 5.37. The zero-order chi connectivity index (χ0) is 13.8. The summed E-state index contributed by atoms with van der Waals surface area (Å²) in [6.07, 6.45) is 1.37. The lowest BCUT2D eigenvalue weighted by Gasteiger charge is -2.08. The quantitative estimate of drug-likeness (QED) is 0.866. The zero-order valence-corrected chi connectivity index (χ0v) is 9.98. The Kier molecular flexibility index (Phi) is 3.70. The van der Waals surface area contributed by atoms with Crippen molar-refractivity contribution in [2.45, 2.75) is 0 Å². The molecule has 1 aromatic heterocycles. The van der Waals surface area contributed by atoms with Crippen LogP contribution in [-0.4, -0.2) is 18.1 Å². The van der Waals surface area contributed by atoms with Crippen molar-refractivity contribution in [3.8, 4) is 0 Å². The predicted molar refractivity (Wildman–Crippen MR) is 65.2 cm³/mol. The fraction of sp³-hybridized carbons (Fsp3) is 0.0769. The van der Waals surface area contributed by atoms with Crippen LogP contribution in [0.5, 0.6) is 0 Å². The van der Waals surface area contributed by atoms with Gasteiger partial charge in [0.05, 0.1) is 18.4 Å². The van der Waals surface area contributed by atoms with Gasteiger partial charge in [0.2, 0.25) is 0 Å². The van der Waals surface area contributed by atoms with Gasteiger partial charge in [-0.25, -0.2) is 18.6 Å². The van der Waals surface area contributed by atoms with E-state index in [1.807, 2.05) is 0 Å². The SMILES string of the molecule is COC(=O)c1ccnc(Nc2cccc(F)c2F)c1. The van der Waals surface area contributed by atoms with Crippen LogP contribution in [-0.2, 0) is 4.74 Å². The summed E-state index contributed by atoms with van der Waals surface area (Å²) in [5, 5.41) is 2.60. The monoisotopic (exact) mass is 264 g/mol. The number of pyridine rings is 1. The molecule has 4 nitrogen and oxygen atoms in total. The van der Waals surface area contributed by atoms with Gasteiger partial charge in [0, 0.05) is 6.20 Å². The van der Waals surface area contributed by atoms with E-state index in [1.165, 1.54) is 37.6 Å². The molecule has 1 N–H and O–H groups in total. The lowest BCUT2D eigenvalue weighted by molar-refractivity contribution is 0.0600. The minimum atomic E-state index is -1.01. The van der Waals surface area contributed by atoms with Crippen molar-refractivity contribution < 1.29 is 18.3 Å². The highest BCUT2D eigenvalue weighted by atomic mass is 19.2. The van der Waals surface area contributed by atoms with E-state index in [9.17, 15) is 13.6 Å². The molecule has 0 aliphatic carbocycles. The molecule has 2 rings (SSSR count). The van der Waals surface area contributed by atoms with Crippen molar-refractivity contribution in [2.75, 3.05) is 12.4 Å². The Morgan fingerprint density at radius 2 is 2.11 bits per heavy atom. The smallest absolute Gasteiger partial charge is 0.338 e. The summed E-state index contributed by atoms with van der Waals surface area (Å²) >= 11 is 0. The second-order valence-electron chi connectivity index (χ2n) is 3.65. The van der Waals surface area contributed by atoms with Crippen LogP contribution in [0.25, 0.3) is 0 Å². The molecule has 1 aromatic carbocycles. The number of methoxy groups -OCH3 is 1. The molecular formula is C13H10F2N2O2. The van der Waals surface area contributed by atoms with Crippen molar-refractivity contribution in [1.29, 1.82) is 0 Å². The molecule has 6 heteroatoms. The molecule has 0 saturated carbocycles. The van der Waals surface area contributed by atoms with Crippen molar-refractivity contribution in [3.05, 3.63) is 53.7 Å². The Bertz CT molecular complexity index is 617. The fourth-order valence-electron chi connectivity index (χ4n) is 1.48. The molecule has 0 aliphatic rings. The minimum Gasteiger partial charge on any atom is -0.465 e. The number of hydrogen-bond acceptors (Lipinski definition) is 4. The van der Waals surface area contributed by atoms with E-state index in [1.54, 1.807) is 0 Å². The molecule has 0 spiro atoms. The highest BCUT2D eigenvalue weighted by Gasteiger charge is 2.10. The third kappa shape index (κ3) is 2.85. The second kappa shape index (κ2) is 5.43. The van der Waals surface area contributed by atoms with E-state index in [-0.39, 0.29) is 17.1 Å². The topological polar surface area (TPSA) is 51.2 Å². The first-order chi connectivity index (χ1) is 9.11. The van der Waals surface area contributed by atoms with Gasteiger partial charge in [-0.15, -0.1) is 0 Å². The van der Waals surface area contributed by atoms with Gasteiger partial charge < -0.3 is 10.1 Å². The predicted octanol–water partition coefficient (Wildman–Crippen LogP) is 2.89. The maximum absolute atomic E-state index is 13.5. The number of ether oxygens (including phenoxy) is 1. The summed E-state index contributed by atoms with van der Waals surface area (Å²) in [6, 6.07) is 6.59. The molecule has 0 saturated heterocycles. The molecule has 0 atom stereocenters. The van der Waals surface area contributed by atoms with Crippen LogP contribution in [0, 0.1) is 11.6 Å². The zero-order valence-electron chi connectivity index (χ0n) is 9.98. The average molecular weight is 264 g/mol. The second-order valence-corrected chi connectivity index (χ2v) is 3.65. The van der Waals surface area contributed by atoms with Crippen LogP contribution in [0.4, 0.5) is 20.3 Å². The lowest BCUT2D eigenvalue weighted by Crippen LogP contribution is -2.03. The van der Waals surface area contributed by atoms with E-state index >= 15 is 0 Å². The number of carbonyl (C=O) groups excluding carboxylic acids is 1. The van der Waals surface area contributed by atoms with Crippen LogP contribution in [0.3, 0.4) is 0 Å². The minimum absolute atomic E-state index is 0.0606.